The lowest BCUT2D eigenvalue weighted by Gasteiger charge is -2.39. The van der Waals surface area contributed by atoms with Gasteiger partial charge in [0, 0.05) is 18.6 Å². The molecule has 1 heterocycles. The number of amides is 3. The highest BCUT2D eigenvalue weighted by Gasteiger charge is 2.45. The molecule has 2 N–H and O–H groups in total. The number of benzene rings is 1. The van der Waals surface area contributed by atoms with E-state index in [0.29, 0.717) is 32.2 Å². The Morgan fingerprint density at radius 3 is 2.40 bits per heavy atom. The molecule has 4 unspecified atom stereocenters. The van der Waals surface area contributed by atoms with Crippen LogP contribution in [0.3, 0.4) is 0 Å². The molecule has 0 radical (unpaired) electrons. The van der Waals surface area contributed by atoms with Gasteiger partial charge in [0.1, 0.15) is 18.2 Å². The molecule has 1 aliphatic carbocycles. The third-order valence-electron chi connectivity index (χ3n) is 6.18. The number of alkyl carbamates (subject to hydrolysis) is 2. The van der Waals surface area contributed by atoms with Gasteiger partial charge in [0.2, 0.25) is 5.91 Å². The Hall–Kier alpha value is -3.30. The third-order valence-corrected chi connectivity index (χ3v) is 6.18. The Bertz CT molecular complexity index is 915. The van der Waals surface area contributed by atoms with Crippen LogP contribution in [0.15, 0.2) is 30.3 Å². The topological polar surface area (TPSA) is 123 Å². The number of likely N-dealkylation sites (tertiary alicyclic amines) is 1. The van der Waals surface area contributed by atoms with Crippen molar-refractivity contribution in [1.82, 2.24) is 15.5 Å². The maximum absolute atomic E-state index is 13.1. The number of methoxy groups -OCH3 is 1. The fourth-order valence-corrected chi connectivity index (χ4v) is 4.61. The van der Waals surface area contributed by atoms with Gasteiger partial charge in [0.05, 0.1) is 13.0 Å². The van der Waals surface area contributed by atoms with E-state index in [2.05, 4.69) is 10.6 Å². The van der Waals surface area contributed by atoms with E-state index < -0.39 is 35.7 Å². The van der Waals surface area contributed by atoms with E-state index in [4.69, 9.17) is 14.2 Å². The SMILES string of the molecule is COC(=O)C1CC(NC(=O)OC(C)(C)C)CCC1N1CCC(NC(=O)OCc2ccccc2)C1=O. The second-order valence-corrected chi connectivity index (χ2v) is 9.93. The number of esters is 1. The van der Waals surface area contributed by atoms with Gasteiger partial charge in [-0.25, -0.2) is 9.59 Å². The number of hydrogen-bond donors (Lipinski definition) is 2. The lowest BCUT2D eigenvalue weighted by Crippen LogP contribution is -2.53. The maximum atomic E-state index is 13.1. The van der Waals surface area contributed by atoms with Crippen molar-refractivity contribution in [1.29, 1.82) is 0 Å². The summed E-state index contributed by atoms with van der Waals surface area (Å²) in [4.78, 5) is 51.8. The summed E-state index contributed by atoms with van der Waals surface area (Å²) >= 11 is 0. The number of rotatable bonds is 6. The van der Waals surface area contributed by atoms with Crippen molar-refractivity contribution in [3.05, 3.63) is 35.9 Å². The molecule has 192 valence electrons. The van der Waals surface area contributed by atoms with Crippen LogP contribution >= 0.6 is 0 Å². The molecule has 1 aromatic carbocycles. The molecule has 3 rings (SSSR count). The number of ether oxygens (including phenoxy) is 3. The minimum Gasteiger partial charge on any atom is -0.469 e. The number of nitrogens with zero attached hydrogens (tertiary/aromatic N) is 1. The predicted molar refractivity (Wildman–Crippen MR) is 126 cm³/mol. The van der Waals surface area contributed by atoms with Crippen molar-refractivity contribution < 1.29 is 33.4 Å². The number of carbonyl (C=O) groups excluding carboxylic acids is 4. The molecule has 1 saturated heterocycles. The molecular weight excluding hydrogens is 454 g/mol. The Labute approximate surface area is 205 Å². The zero-order valence-electron chi connectivity index (χ0n) is 20.7. The fraction of sp³-hybridized carbons (Fsp3) is 0.600. The Morgan fingerprint density at radius 1 is 1.03 bits per heavy atom. The van der Waals surface area contributed by atoms with E-state index in [-0.39, 0.29) is 24.6 Å². The standard InChI is InChI=1S/C25H35N3O7/c1-25(2,3)35-24(32)26-17-10-11-20(18(14-17)22(30)33-4)28-13-12-19(21(28)29)27-23(31)34-15-16-8-6-5-7-9-16/h5-9,17-20H,10-15H2,1-4H3,(H,26,32)(H,27,31). The third kappa shape index (κ3) is 7.34. The highest BCUT2D eigenvalue weighted by atomic mass is 16.6. The molecule has 35 heavy (non-hydrogen) atoms. The van der Waals surface area contributed by atoms with Gasteiger partial charge in [-0.1, -0.05) is 30.3 Å². The fourth-order valence-electron chi connectivity index (χ4n) is 4.61. The molecular formula is C25H35N3O7. The molecule has 3 amide bonds. The molecule has 0 bridgehead atoms. The minimum atomic E-state index is -0.714. The van der Waals surface area contributed by atoms with E-state index in [1.165, 1.54) is 7.11 Å². The van der Waals surface area contributed by atoms with Crippen molar-refractivity contribution in [3.63, 3.8) is 0 Å². The molecule has 1 aromatic rings. The van der Waals surface area contributed by atoms with Crippen LogP contribution < -0.4 is 10.6 Å². The molecule has 0 aromatic heterocycles. The van der Waals surface area contributed by atoms with Crippen molar-refractivity contribution in [2.45, 2.75) is 76.8 Å². The van der Waals surface area contributed by atoms with Crippen LogP contribution in [0.4, 0.5) is 9.59 Å². The van der Waals surface area contributed by atoms with Crippen LogP contribution in [0.5, 0.6) is 0 Å². The van der Waals surface area contributed by atoms with Crippen LogP contribution in [-0.4, -0.2) is 66.3 Å². The van der Waals surface area contributed by atoms with Gasteiger partial charge >= 0.3 is 18.2 Å². The summed E-state index contributed by atoms with van der Waals surface area (Å²) < 4.78 is 15.6. The molecule has 4 atom stereocenters. The molecule has 2 aliphatic rings. The van der Waals surface area contributed by atoms with Gasteiger partial charge in [-0.15, -0.1) is 0 Å². The van der Waals surface area contributed by atoms with Gasteiger partial charge in [-0.3, -0.25) is 9.59 Å². The van der Waals surface area contributed by atoms with Gasteiger partial charge in [-0.2, -0.15) is 0 Å². The summed E-state index contributed by atoms with van der Waals surface area (Å²) in [7, 11) is 1.31. The molecule has 10 heteroatoms. The average molecular weight is 490 g/mol. The van der Waals surface area contributed by atoms with E-state index in [1.807, 2.05) is 30.3 Å². The van der Waals surface area contributed by atoms with Gasteiger partial charge in [0.25, 0.3) is 0 Å². The maximum Gasteiger partial charge on any atom is 0.408 e. The molecule has 1 saturated carbocycles. The first-order chi connectivity index (χ1) is 16.6. The van der Waals surface area contributed by atoms with Crippen LogP contribution in [0.1, 0.15) is 52.0 Å². The van der Waals surface area contributed by atoms with Crippen molar-refractivity contribution >= 4 is 24.1 Å². The Kier molecular flexibility index (Phi) is 8.58. The first-order valence-electron chi connectivity index (χ1n) is 11.9. The highest BCUT2D eigenvalue weighted by molar-refractivity contribution is 5.88. The summed E-state index contributed by atoms with van der Waals surface area (Å²) in [6.07, 6.45) is 0.639. The monoisotopic (exact) mass is 489 g/mol. The summed E-state index contributed by atoms with van der Waals surface area (Å²) in [5.74, 6) is -1.28. The quantitative estimate of drug-likeness (QED) is 0.465. The summed E-state index contributed by atoms with van der Waals surface area (Å²) in [6, 6.07) is 7.90. The first kappa shape index (κ1) is 26.3. The summed E-state index contributed by atoms with van der Waals surface area (Å²) in [5, 5.41) is 5.46. The zero-order valence-corrected chi connectivity index (χ0v) is 20.7. The van der Waals surface area contributed by atoms with Crippen molar-refractivity contribution in [2.24, 2.45) is 5.92 Å². The second-order valence-electron chi connectivity index (χ2n) is 9.93. The minimum absolute atomic E-state index is 0.108. The molecule has 2 fully saturated rings. The van der Waals surface area contributed by atoms with E-state index in [9.17, 15) is 19.2 Å². The predicted octanol–water partition coefficient (Wildman–Crippen LogP) is 2.75. The van der Waals surface area contributed by atoms with Crippen molar-refractivity contribution in [3.8, 4) is 0 Å². The van der Waals surface area contributed by atoms with Crippen LogP contribution in [0.25, 0.3) is 0 Å². The van der Waals surface area contributed by atoms with Gasteiger partial charge in [0.15, 0.2) is 0 Å². The Balaban J connectivity index is 1.56. The van der Waals surface area contributed by atoms with Crippen LogP contribution in [0, 0.1) is 5.92 Å². The number of carbonyl (C=O) groups is 4. The molecule has 0 spiro atoms. The first-order valence-corrected chi connectivity index (χ1v) is 11.9. The zero-order chi connectivity index (χ0) is 25.6. The largest absolute Gasteiger partial charge is 0.469 e. The van der Waals surface area contributed by atoms with Gasteiger partial charge < -0.3 is 29.7 Å². The lowest BCUT2D eigenvalue weighted by molar-refractivity contribution is -0.151. The molecule has 10 nitrogen and oxygen atoms in total. The Morgan fingerprint density at radius 2 is 1.74 bits per heavy atom. The van der Waals surface area contributed by atoms with E-state index in [0.717, 1.165) is 5.56 Å². The van der Waals surface area contributed by atoms with Gasteiger partial charge in [-0.05, 0) is 52.0 Å². The normalized spacial score (nSPS) is 24.5. The van der Waals surface area contributed by atoms with Crippen molar-refractivity contribution in [2.75, 3.05) is 13.7 Å². The number of nitrogens with one attached hydrogen (secondary N) is 2. The lowest BCUT2D eigenvalue weighted by atomic mass is 9.80. The average Bonchev–Trinajstić information content (AvgIpc) is 3.16. The highest BCUT2D eigenvalue weighted by Crippen LogP contribution is 2.32. The summed E-state index contributed by atoms with van der Waals surface area (Å²) in [5.41, 5.74) is 0.217. The summed E-state index contributed by atoms with van der Waals surface area (Å²) in [6.45, 7) is 5.85. The second kappa shape index (κ2) is 11.4. The van der Waals surface area contributed by atoms with E-state index in [1.54, 1.807) is 25.7 Å². The van der Waals surface area contributed by atoms with E-state index >= 15 is 0 Å². The smallest absolute Gasteiger partial charge is 0.408 e. The van der Waals surface area contributed by atoms with Crippen LogP contribution in [-0.2, 0) is 30.4 Å². The number of hydrogen-bond acceptors (Lipinski definition) is 7. The molecule has 1 aliphatic heterocycles. The van der Waals surface area contributed by atoms with Crippen LogP contribution in [0.2, 0.25) is 0 Å².